The topological polar surface area (TPSA) is 48.0 Å². The summed E-state index contributed by atoms with van der Waals surface area (Å²) in [4.78, 5) is 13.7. The summed E-state index contributed by atoms with van der Waals surface area (Å²) in [5, 5.41) is 0. The minimum Gasteiger partial charge on any atom is -0.454 e. The maximum atomic E-state index is 12.0. The number of nitrogens with zero attached hydrogens (tertiary/aromatic N) is 1. The van der Waals surface area contributed by atoms with E-state index in [1.807, 2.05) is 66.8 Å². The first kappa shape index (κ1) is 16.3. The third-order valence-corrected chi connectivity index (χ3v) is 4.30. The van der Waals surface area contributed by atoms with Gasteiger partial charge in [0.15, 0.2) is 11.5 Å². The zero-order valence-electron chi connectivity index (χ0n) is 14.3. The Morgan fingerprint density at radius 2 is 1.88 bits per heavy atom. The van der Waals surface area contributed by atoms with Crippen molar-refractivity contribution in [3.8, 4) is 11.5 Å². The molecule has 2 aromatic rings. The molecular weight excluding hydrogens is 330 g/mol. The Kier molecular flexibility index (Phi) is 4.60. The van der Waals surface area contributed by atoms with Crippen molar-refractivity contribution in [3.63, 3.8) is 0 Å². The fourth-order valence-electron chi connectivity index (χ4n) is 2.91. The fourth-order valence-corrected chi connectivity index (χ4v) is 2.91. The number of carbonyl (C=O) groups is 1. The molecule has 0 atom stereocenters. The monoisotopic (exact) mass is 349 g/mol. The highest BCUT2D eigenvalue weighted by Gasteiger charge is 2.26. The van der Waals surface area contributed by atoms with Crippen molar-refractivity contribution in [2.24, 2.45) is 0 Å². The molecule has 0 saturated carbocycles. The maximum Gasteiger partial charge on any atom is 0.415 e. The maximum absolute atomic E-state index is 12.0. The summed E-state index contributed by atoms with van der Waals surface area (Å²) in [7, 11) is 0. The van der Waals surface area contributed by atoms with Crippen LogP contribution < -0.4 is 9.47 Å². The van der Waals surface area contributed by atoms with Gasteiger partial charge < -0.3 is 19.1 Å². The largest absolute Gasteiger partial charge is 0.454 e. The van der Waals surface area contributed by atoms with Crippen LogP contribution in [0.5, 0.6) is 11.5 Å². The van der Waals surface area contributed by atoms with Gasteiger partial charge >= 0.3 is 6.09 Å². The van der Waals surface area contributed by atoms with Crippen molar-refractivity contribution in [3.05, 3.63) is 77.6 Å². The van der Waals surface area contributed by atoms with Crippen molar-refractivity contribution < 1.29 is 19.0 Å². The van der Waals surface area contributed by atoms with E-state index in [0.717, 1.165) is 29.0 Å². The normalized spacial score (nSPS) is 17.3. The Labute approximate surface area is 152 Å². The van der Waals surface area contributed by atoms with E-state index in [1.165, 1.54) is 0 Å². The van der Waals surface area contributed by atoms with Crippen LogP contribution in [0, 0.1) is 0 Å². The third-order valence-electron chi connectivity index (χ3n) is 4.30. The first-order chi connectivity index (χ1) is 12.8. The highest BCUT2D eigenvalue weighted by molar-refractivity contribution is 5.72. The van der Waals surface area contributed by atoms with E-state index < -0.39 is 0 Å². The standard InChI is InChI=1S/C21H19NO4/c23-21-22(12-11-17-9-10-19-20(13-17)25-15-24-19)14-18(26-21)8-4-7-16-5-2-1-3-6-16/h1-10,13H,11-12,14-15H2/b7-4?,18-8+. The average Bonchev–Trinajstić information content (AvgIpc) is 3.26. The van der Waals surface area contributed by atoms with Crippen LogP contribution in [0.3, 0.4) is 0 Å². The number of allylic oxidation sites excluding steroid dienone is 2. The summed E-state index contributed by atoms with van der Waals surface area (Å²) in [6.45, 7) is 1.35. The number of hydrogen-bond donors (Lipinski definition) is 0. The fraction of sp³-hybridized carbons (Fsp3) is 0.190. The minimum absolute atomic E-state index is 0.266. The van der Waals surface area contributed by atoms with Gasteiger partial charge in [0, 0.05) is 6.54 Å². The molecule has 2 heterocycles. The summed E-state index contributed by atoms with van der Waals surface area (Å²) in [6, 6.07) is 15.9. The Bertz CT molecular complexity index is 858. The average molecular weight is 349 g/mol. The Morgan fingerprint density at radius 1 is 1.04 bits per heavy atom. The van der Waals surface area contributed by atoms with Gasteiger partial charge in [-0.15, -0.1) is 0 Å². The van der Waals surface area contributed by atoms with Crippen LogP contribution in [-0.2, 0) is 11.2 Å². The Morgan fingerprint density at radius 3 is 2.77 bits per heavy atom. The molecule has 0 bridgehead atoms. The molecule has 1 amide bonds. The summed E-state index contributed by atoms with van der Waals surface area (Å²) < 4.78 is 16.0. The van der Waals surface area contributed by atoms with E-state index in [2.05, 4.69) is 0 Å². The van der Waals surface area contributed by atoms with Crippen LogP contribution in [0.1, 0.15) is 11.1 Å². The molecule has 5 nitrogen and oxygen atoms in total. The lowest BCUT2D eigenvalue weighted by atomic mass is 10.1. The highest BCUT2D eigenvalue weighted by atomic mass is 16.7. The lowest BCUT2D eigenvalue weighted by Gasteiger charge is -2.11. The van der Waals surface area contributed by atoms with E-state index in [0.29, 0.717) is 18.8 Å². The van der Waals surface area contributed by atoms with Crippen LogP contribution in [-0.4, -0.2) is 30.9 Å². The minimum atomic E-state index is -0.301. The smallest absolute Gasteiger partial charge is 0.415 e. The van der Waals surface area contributed by atoms with Gasteiger partial charge in [-0.2, -0.15) is 0 Å². The molecule has 0 aliphatic carbocycles. The summed E-state index contributed by atoms with van der Waals surface area (Å²) in [5.74, 6) is 2.19. The van der Waals surface area contributed by atoms with Gasteiger partial charge in [-0.05, 0) is 35.8 Å². The molecule has 26 heavy (non-hydrogen) atoms. The first-order valence-corrected chi connectivity index (χ1v) is 8.55. The van der Waals surface area contributed by atoms with Crippen molar-refractivity contribution >= 4 is 12.2 Å². The van der Waals surface area contributed by atoms with Crippen molar-refractivity contribution in [1.29, 1.82) is 0 Å². The van der Waals surface area contributed by atoms with Crippen LogP contribution >= 0.6 is 0 Å². The van der Waals surface area contributed by atoms with Crippen LogP contribution in [0.2, 0.25) is 0 Å². The number of amides is 1. The number of fused-ring (bicyclic) bond motifs is 1. The molecule has 0 spiro atoms. The molecule has 0 unspecified atom stereocenters. The molecule has 4 rings (SSSR count). The molecule has 1 fully saturated rings. The lowest BCUT2D eigenvalue weighted by molar-refractivity contribution is 0.169. The zero-order valence-corrected chi connectivity index (χ0v) is 14.3. The predicted octanol–water partition coefficient (Wildman–Crippen LogP) is 4.01. The third kappa shape index (κ3) is 3.72. The molecular formula is C21H19NO4. The van der Waals surface area contributed by atoms with Crippen molar-refractivity contribution in [1.82, 2.24) is 4.90 Å². The van der Waals surface area contributed by atoms with E-state index in [1.54, 1.807) is 4.90 Å². The van der Waals surface area contributed by atoms with E-state index in [4.69, 9.17) is 14.2 Å². The first-order valence-electron chi connectivity index (χ1n) is 8.55. The second-order valence-electron chi connectivity index (χ2n) is 6.13. The molecule has 0 aromatic heterocycles. The number of hydrogen-bond acceptors (Lipinski definition) is 4. The highest BCUT2D eigenvalue weighted by Crippen LogP contribution is 2.32. The zero-order chi connectivity index (χ0) is 17.8. The van der Waals surface area contributed by atoms with Gasteiger partial charge in [0.05, 0.1) is 6.54 Å². The summed E-state index contributed by atoms with van der Waals surface area (Å²) in [6.07, 6.45) is 6.16. The number of carbonyl (C=O) groups excluding carboxylic acids is 1. The van der Waals surface area contributed by atoms with Crippen LogP contribution in [0.15, 0.2) is 66.4 Å². The van der Waals surface area contributed by atoms with Crippen LogP contribution in [0.4, 0.5) is 4.79 Å². The van der Waals surface area contributed by atoms with Gasteiger partial charge in [-0.25, -0.2) is 4.79 Å². The summed E-state index contributed by atoms with van der Waals surface area (Å²) in [5.41, 5.74) is 2.21. The SMILES string of the molecule is O=C1O/C(=C/C=Cc2ccccc2)CN1CCc1ccc2c(c1)OCO2. The molecule has 5 heteroatoms. The second kappa shape index (κ2) is 7.35. The molecule has 132 valence electrons. The molecule has 2 aromatic carbocycles. The molecule has 1 saturated heterocycles. The number of cyclic esters (lactones) is 1. The second-order valence-corrected chi connectivity index (χ2v) is 6.13. The molecule has 0 N–H and O–H groups in total. The lowest BCUT2D eigenvalue weighted by Crippen LogP contribution is -2.26. The van der Waals surface area contributed by atoms with E-state index in [9.17, 15) is 4.79 Å². The van der Waals surface area contributed by atoms with Gasteiger partial charge in [0.2, 0.25) is 6.79 Å². The number of rotatable bonds is 5. The van der Waals surface area contributed by atoms with E-state index >= 15 is 0 Å². The Hall–Kier alpha value is -3.21. The van der Waals surface area contributed by atoms with Crippen molar-refractivity contribution in [2.75, 3.05) is 19.9 Å². The molecule has 0 radical (unpaired) electrons. The predicted molar refractivity (Wildman–Crippen MR) is 97.9 cm³/mol. The number of benzene rings is 2. The van der Waals surface area contributed by atoms with Gasteiger partial charge in [0.1, 0.15) is 5.76 Å². The van der Waals surface area contributed by atoms with E-state index in [-0.39, 0.29) is 12.9 Å². The molecule has 2 aliphatic heterocycles. The Balaban J connectivity index is 1.33. The number of ether oxygens (including phenoxy) is 3. The van der Waals surface area contributed by atoms with Crippen LogP contribution in [0.25, 0.3) is 6.08 Å². The van der Waals surface area contributed by atoms with Gasteiger partial charge in [-0.1, -0.05) is 48.6 Å². The van der Waals surface area contributed by atoms with Crippen molar-refractivity contribution in [2.45, 2.75) is 6.42 Å². The quantitative estimate of drug-likeness (QED) is 0.818. The molecule has 2 aliphatic rings. The summed E-state index contributed by atoms with van der Waals surface area (Å²) >= 11 is 0. The van der Waals surface area contributed by atoms with Gasteiger partial charge in [0.25, 0.3) is 0 Å². The van der Waals surface area contributed by atoms with Gasteiger partial charge in [-0.3, -0.25) is 0 Å².